The van der Waals surface area contributed by atoms with Gasteiger partial charge in [0.25, 0.3) is 5.69 Å². The third-order valence-electron chi connectivity index (χ3n) is 4.38. The highest BCUT2D eigenvalue weighted by atomic mass is 16.7. The van der Waals surface area contributed by atoms with E-state index in [1.807, 2.05) is 12.1 Å². The van der Waals surface area contributed by atoms with Crippen LogP contribution >= 0.6 is 0 Å². The summed E-state index contributed by atoms with van der Waals surface area (Å²) >= 11 is 0. The number of rotatable bonds is 7. The second kappa shape index (κ2) is 8.48. The predicted molar refractivity (Wildman–Crippen MR) is 103 cm³/mol. The van der Waals surface area contributed by atoms with Crippen LogP contribution in [0, 0.1) is 21.4 Å². The molecule has 7 nitrogen and oxygen atoms in total. The largest absolute Gasteiger partial charge is 0.468 e. The molecule has 0 aliphatic carbocycles. The highest BCUT2D eigenvalue weighted by Gasteiger charge is 2.19. The number of aliphatic hydroxyl groups excluding tert-OH is 1. The van der Waals surface area contributed by atoms with E-state index in [0.717, 1.165) is 10.8 Å². The van der Waals surface area contributed by atoms with Gasteiger partial charge in [-0.15, -0.1) is 0 Å². The lowest BCUT2D eigenvalue weighted by atomic mass is 9.97. The van der Waals surface area contributed by atoms with Crippen LogP contribution in [0.15, 0.2) is 54.6 Å². The summed E-state index contributed by atoms with van der Waals surface area (Å²) in [5, 5.41) is 32.8. The average Bonchev–Trinajstić information content (AvgIpc) is 2.71. The van der Waals surface area contributed by atoms with Gasteiger partial charge in [-0.1, -0.05) is 18.2 Å². The lowest BCUT2D eigenvalue weighted by Gasteiger charge is -2.14. The van der Waals surface area contributed by atoms with E-state index in [-0.39, 0.29) is 18.9 Å². The smallest absolute Gasteiger partial charge is 0.272 e. The number of hydrogen-bond donors (Lipinski definition) is 1. The van der Waals surface area contributed by atoms with Crippen LogP contribution in [0.4, 0.5) is 5.69 Å². The van der Waals surface area contributed by atoms with E-state index < -0.39 is 11.0 Å². The first-order valence-electron chi connectivity index (χ1n) is 8.52. The fourth-order valence-corrected chi connectivity index (χ4v) is 2.99. The zero-order valence-corrected chi connectivity index (χ0v) is 15.2. The molecule has 7 heteroatoms. The quantitative estimate of drug-likeness (QED) is 0.380. The van der Waals surface area contributed by atoms with Gasteiger partial charge in [-0.3, -0.25) is 10.1 Å². The number of methoxy groups -OCH3 is 1. The van der Waals surface area contributed by atoms with Gasteiger partial charge >= 0.3 is 0 Å². The van der Waals surface area contributed by atoms with Crippen molar-refractivity contribution in [2.24, 2.45) is 0 Å². The summed E-state index contributed by atoms with van der Waals surface area (Å²) in [5.74, 6) is 0.423. The van der Waals surface area contributed by atoms with E-state index in [1.54, 1.807) is 24.3 Å². The molecule has 1 atom stereocenters. The van der Waals surface area contributed by atoms with Crippen molar-refractivity contribution in [3.63, 3.8) is 0 Å². The van der Waals surface area contributed by atoms with Crippen molar-refractivity contribution in [3.8, 4) is 11.8 Å². The molecule has 1 unspecified atom stereocenters. The van der Waals surface area contributed by atoms with Gasteiger partial charge < -0.3 is 14.6 Å². The van der Waals surface area contributed by atoms with E-state index in [9.17, 15) is 15.2 Å². The lowest BCUT2D eigenvalue weighted by Crippen LogP contribution is -2.06. The monoisotopic (exact) mass is 378 g/mol. The Morgan fingerprint density at radius 3 is 2.64 bits per heavy atom. The maximum Gasteiger partial charge on any atom is 0.272 e. The van der Waals surface area contributed by atoms with Gasteiger partial charge in [0.1, 0.15) is 5.75 Å². The van der Waals surface area contributed by atoms with Gasteiger partial charge in [-0.2, -0.15) is 5.26 Å². The van der Waals surface area contributed by atoms with Crippen molar-refractivity contribution in [1.29, 1.82) is 5.26 Å². The molecule has 0 bridgehead atoms. The molecule has 0 fully saturated rings. The van der Waals surface area contributed by atoms with Crippen molar-refractivity contribution in [2.75, 3.05) is 13.9 Å². The van der Waals surface area contributed by atoms with Gasteiger partial charge in [0, 0.05) is 25.2 Å². The first-order valence-corrected chi connectivity index (χ1v) is 8.52. The zero-order chi connectivity index (χ0) is 20.1. The van der Waals surface area contributed by atoms with Crippen molar-refractivity contribution in [3.05, 3.63) is 81.4 Å². The Balaban J connectivity index is 1.91. The summed E-state index contributed by atoms with van der Waals surface area (Å²) in [7, 11) is 1.48. The molecule has 3 rings (SSSR count). The summed E-state index contributed by atoms with van der Waals surface area (Å²) in [6.07, 6.45) is -0.907. The Kier molecular flexibility index (Phi) is 5.84. The molecular formula is C21H18N2O5. The fraction of sp³-hybridized carbons (Fsp3) is 0.190. The molecule has 3 aromatic carbocycles. The third-order valence-corrected chi connectivity index (χ3v) is 4.38. The molecule has 0 saturated carbocycles. The van der Waals surface area contributed by atoms with Crippen LogP contribution in [0.5, 0.6) is 5.75 Å². The average molecular weight is 378 g/mol. The Labute approximate surface area is 161 Å². The van der Waals surface area contributed by atoms with Crippen molar-refractivity contribution in [1.82, 2.24) is 0 Å². The SMILES string of the molecule is COCOc1ccc([N+](=O)[O-])c(CC(O)c2ccc3ccc(C#N)cc3c2)c1. The topological polar surface area (TPSA) is 106 Å². The number of benzene rings is 3. The first-order chi connectivity index (χ1) is 13.5. The van der Waals surface area contributed by atoms with Crippen molar-refractivity contribution < 1.29 is 19.5 Å². The molecule has 28 heavy (non-hydrogen) atoms. The Morgan fingerprint density at radius 1 is 1.14 bits per heavy atom. The molecule has 142 valence electrons. The maximum absolute atomic E-state index is 11.3. The molecule has 0 aliphatic rings. The number of nitro groups is 1. The fourth-order valence-electron chi connectivity index (χ4n) is 2.99. The first kappa shape index (κ1) is 19.3. The maximum atomic E-state index is 11.3. The number of fused-ring (bicyclic) bond motifs is 1. The number of ether oxygens (including phenoxy) is 2. The highest BCUT2D eigenvalue weighted by Crippen LogP contribution is 2.30. The minimum Gasteiger partial charge on any atom is -0.468 e. The minimum absolute atomic E-state index is 0.0195. The van der Waals surface area contributed by atoms with Crippen LogP contribution in [0.25, 0.3) is 10.8 Å². The van der Waals surface area contributed by atoms with Gasteiger partial charge in [-0.25, -0.2) is 0 Å². The van der Waals surface area contributed by atoms with Crippen LogP contribution in [-0.4, -0.2) is 23.9 Å². The Morgan fingerprint density at radius 2 is 1.93 bits per heavy atom. The van der Waals surface area contributed by atoms with E-state index in [0.29, 0.717) is 22.4 Å². The Bertz CT molecular complexity index is 1060. The number of hydrogen-bond acceptors (Lipinski definition) is 6. The molecular weight excluding hydrogens is 360 g/mol. The number of nitro benzene ring substituents is 1. The second-order valence-corrected chi connectivity index (χ2v) is 6.25. The summed E-state index contributed by atoms with van der Waals surface area (Å²) in [6, 6.07) is 17.2. The normalized spacial score (nSPS) is 11.8. The third kappa shape index (κ3) is 4.26. The van der Waals surface area contributed by atoms with Crippen molar-refractivity contribution in [2.45, 2.75) is 12.5 Å². The van der Waals surface area contributed by atoms with E-state index in [1.165, 1.54) is 25.3 Å². The van der Waals surface area contributed by atoms with E-state index in [2.05, 4.69) is 6.07 Å². The summed E-state index contributed by atoms with van der Waals surface area (Å²) < 4.78 is 10.2. The van der Waals surface area contributed by atoms with E-state index >= 15 is 0 Å². The number of nitriles is 1. The van der Waals surface area contributed by atoms with Gasteiger partial charge in [0.15, 0.2) is 6.79 Å². The van der Waals surface area contributed by atoms with Gasteiger partial charge in [0.05, 0.1) is 22.7 Å². The molecule has 1 N–H and O–H groups in total. The Hall–Kier alpha value is -3.47. The molecule has 0 radical (unpaired) electrons. The minimum atomic E-state index is -0.952. The lowest BCUT2D eigenvalue weighted by molar-refractivity contribution is -0.385. The standard InChI is InChI=1S/C21H18N2O5/c1-27-13-28-19-6-7-20(23(25)26)18(10-19)11-21(24)16-5-4-15-3-2-14(12-22)8-17(15)9-16/h2-10,21,24H,11,13H2,1H3. The van der Waals surface area contributed by atoms with E-state index in [4.69, 9.17) is 14.7 Å². The van der Waals surface area contributed by atoms with Crippen molar-refractivity contribution >= 4 is 16.5 Å². The molecule has 0 spiro atoms. The number of aliphatic hydroxyl groups is 1. The number of nitrogens with zero attached hydrogens (tertiary/aromatic N) is 2. The molecule has 0 heterocycles. The molecule has 0 aromatic heterocycles. The molecule has 3 aromatic rings. The van der Waals surface area contributed by atoms with Crippen LogP contribution in [0.3, 0.4) is 0 Å². The summed E-state index contributed by atoms with van der Waals surface area (Å²) in [5.41, 5.74) is 1.41. The van der Waals surface area contributed by atoms with Crippen LogP contribution in [0.2, 0.25) is 0 Å². The van der Waals surface area contributed by atoms with Crippen LogP contribution in [-0.2, 0) is 11.2 Å². The predicted octanol–water partition coefficient (Wildman–Crippen LogP) is 3.88. The van der Waals surface area contributed by atoms with Crippen LogP contribution in [0.1, 0.15) is 22.8 Å². The molecule has 0 amide bonds. The van der Waals surface area contributed by atoms with Gasteiger partial charge in [0.2, 0.25) is 0 Å². The molecule has 0 aliphatic heterocycles. The molecule has 0 saturated heterocycles. The van der Waals surface area contributed by atoms with Crippen LogP contribution < -0.4 is 4.74 Å². The summed E-state index contributed by atoms with van der Waals surface area (Å²) in [6.45, 7) is 0.0195. The highest BCUT2D eigenvalue weighted by molar-refractivity contribution is 5.84. The van der Waals surface area contributed by atoms with Gasteiger partial charge in [-0.05, 0) is 46.7 Å². The zero-order valence-electron chi connectivity index (χ0n) is 15.2. The summed E-state index contributed by atoms with van der Waals surface area (Å²) in [4.78, 5) is 10.9. The second-order valence-electron chi connectivity index (χ2n) is 6.25.